The van der Waals surface area contributed by atoms with Crippen LogP contribution in [0.15, 0.2) is 24.3 Å². The molecule has 4 nitrogen and oxygen atoms in total. The first-order valence-corrected chi connectivity index (χ1v) is 5.78. The molecule has 1 aromatic rings. The molecule has 0 aliphatic carbocycles. The maximum absolute atomic E-state index is 10.5. The zero-order chi connectivity index (χ0) is 13.0. The van der Waals surface area contributed by atoms with Gasteiger partial charge in [-0.1, -0.05) is 45.3 Å². The van der Waals surface area contributed by atoms with Crippen molar-refractivity contribution in [2.45, 2.75) is 39.8 Å². The number of nitro groups is 1. The van der Waals surface area contributed by atoms with Crippen molar-refractivity contribution in [3.8, 4) is 0 Å². The fourth-order valence-electron chi connectivity index (χ4n) is 1.75. The third-order valence-corrected chi connectivity index (χ3v) is 2.59. The third-order valence-electron chi connectivity index (χ3n) is 2.59. The molecule has 0 N–H and O–H groups in total. The summed E-state index contributed by atoms with van der Waals surface area (Å²) in [6.07, 6.45) is 0. The van der Waals surface area contributed by atoms with Gasteiger partial charge in [-0.2, -0.15) is 0 Å². The molecule has 5 heteroatoms. The van der Waals surface area contributed by atoms with E-state index in [1.165, 1.54) is 12.1 Å². The lowest BCUT2D eigenvalue weighted by Crippen LogP contribution is -2.45. The minimum Gasteiger partial charge on any atom is -0.338 e. The monoisotopic (exact) mass is 233 g/mol. The van der Waals surface area contributed by atoms with Gasteiger partial charge in [-0.25, -0.2) is 0 Å². The molecular weight excluding hydrogens is 215 g/mol. The number of benzene rings is 1. The molecule has 0 unspecified atom stereocenters. The van der Waals surface area contributed by atoms with Crippen LogP contribution in [0.1, 0.15) is 27.7 Å². The van der Waals surface area contributed by atoms with Crippen LogP contribution in [0, 0.1) is 10.1 Å². The highest BCUT2D eigenvalue weighted by Gasteiger charge is 2.15. The van der Waals surface area contributed by atoms with E-state index in [-0.39, 0.29) is 10.6 Å². The van der Waals surface area contributed by atoms with Crippen LogP contribution in [-0.4, -0.2) is 29.2 Å². The van der Waals surface area contributed by atoms with Gasteiger partial charge in [0.25, 0.3) is 5.69 Å². The summed E-state index contributed by atoms with van der Waals surface area (Å²) < 4.78 is 0. The molecule has 0 heterocycles. The van der Waals surface area contributed by atoms with Crippen LogP contribution in [-0.2, 0) is 0 Å². The molecule has 0 aliphatic heterocycles. The van der Waals surface area contributed by atoms with Crippen LogP contribution in [0.25, 0.3) is 0 Å². The van der Waals surface area contributed by atoms with E-state index >= 15 is 0 Å². The second-order valence-electron chi connectivity index (χ2n) is 4.61. The molecule has 0 fully saturated rings. The number of hydrogen-bond donors (Lipinski definition) is 0. The van der Waals surface area contributed by atoms with E-state index in [4.69, 9.17) is 0 Å². The summed E-state index contributed by atoms with van der Waals surface area (Å²) >= 11 is 0. The minimum atomic E-state index is -0.383. The topological polar surface area (TPSA) is 46.4 Å². The van der Waals surface area contributed by atoms with Crippen molar-refractivity contribution in [1.82, 2.24) is 4.81 Å². The van der Waals surface area contributed by atoms with E-state index in [2.05, 4.69) is 32.5 Å². The van der Waals surface area contributed by atoms with Crippen LogP contribution >= 0.6 is 0 Å². The first-order chi connectivity index (χ1) is 7.91. The van der Waals surface area contributed by atoms with Crippen molar-refractivity contribution < 1.29 is 4.92 Å². The fraction of sp³-hybridized carbons (Fsp3) is 0.500. The zero-order valence-corrected chi connectivity index (χ0v) is 10.8. The van der Waals surface area contributed by atoms with Gasteiger partial charge in [-0.3, -0.25) is 10.1 Å². The van der Waals surface area contributed by atoms with E-state index in [1.807, 2.05) is 7.41 Å². The van der Waals surface area contributed by atoms with Gasteiger partial charge >= 0.3 is 0 Å². The summed E-state index contributed by atoms with van der Waals surface area (Å²) in [4.78, 5) is 12.4. The highest BCUT2D eigenvalue weighted by atomic mass is 16.6. The van der Waals surface area contributed by atoms with E-state index in [9.17, 15) is 10.1 Å². The summed E-state index contributed by atoms with van der Waals surface area (Å²) in [5.41, 5.74) is 1.11. The van der Waals surface area contributed by atoms with Crippen LogP contribution in [0.3, 0.4) is 0 Å². The van der Waals surface area contributed by atoms with Gasteiger partial charge in [0.15, 0.2) is 0 Å². The van der Waals surface area contributed by atoms with E-state index in [0.29, 0.717) is 12.1 Å². The third kappa shape index (κ3) is 3.86. The van der Waals surface area contributed by atoms with Gasteiger partial charge in [0.2, 0.25) is 7.41 Å². The highest BCUT2D eigenvalue weighted by molar-refractivity contribution is 6.50. The number of nitro benzene ring substituents is 1. The van der Waals surface area contributed by atoms with Gasteiger partial charge in [0.1, 0.15) is 0 Å². The molecule has 0 aliphatic rings. The number of hydrogen-bond acceptors (Lipinski definition) is 3. The first kappa shape index (κ1) is 13.7. The Kier molecular flexibility index (Phi) is 4.69. The Balaban J connectivity index is 2.77. The van der Waals surface area contributed by atoms with Crippen molar-refractivity contribution in [2.75, 3.05) is 0 Å². The second-order valence-corrected chi connectivity index (χ2v) is 4.61. The average Bonchev–Trinajstić information content (AvgIpc) is 2.25. The van der Waals surface area contributed by atoms with E-state index in [1.54, 1.807) is 12.1 Å². The van der Waals surface area contributed by atoms with Crippen LogP contribution in [0.2, 0.25) is 0 Å². The largest absolute Gasteiger partial charge is 0.338 e. The predicted octanol–water partition coefficient (Wildman–Crippen LogP) is 1.96. The Morgan fingerprint density at radius 3 is 1.94 bits per heavy atom. The summed E-state index contributed by atoms with van der Waals surface area (Å²) in [6.45, 7) is 8.51. The first-order valence-electron chi connectivity index (χ1n) is 5.78. The fourth-order valence-corrected chi connectivity index (χ4v) is 1.75. The highest BCUT2D eigenvalue weighted by Crippen LogP contribution is 2.08. The Hall–Kier alpha value is -1.36. The molecule has 1 rings (SSSR count). The lowest BCUT2D eigenvalue weighted by Gasteiger charge is -2.30. The van der Waals surface area contributed by atoms with Crippen LogP contribution < -0.4 is 5.46 Å². The van der Waals surface area contributed by atoms with Gasteiger partial charge in [-0.05, 0) is 12.1 Å². The summed E-state index contributed by atoms with van der Waals surface area (Å²) in [6, 6.07) is 7.43. The molecule has 0 atom stereocenters. The SMILES string of the molecule is CC(C)N([B]c1ccc([N+](=O)[O-])cc1)C(C)C. The van der Waals surface area contributed by atoms with Gasteiger partial charge in [-0.15, -0.1) is 0 Å². The van der Waals surface area contributed by atoms with Crippen molar-refractivity contribution in [3.63, 3.8) is 0 Å². The summed E-state index contributed by atoms with van der Waals surface area (Å²) in [5, 5.41) is 10.5. The lowest BCUT2D eigenvalue weighted by atomic mass is 9.78. The molecule has 0 amide bonds. The molecule has 91 valence electrons. The smallest absolute Gasteiger partial charge is 0.269 e. The average molecular weight is 233 g/mol. The maximum Gasteiger partial charge on any atom is 0.269 e. The summed E-state index contributed by atoms with van der Waals surface area (Å²) in [7, 11) is 2.04. The predicted molar refractivity (Wildman–Crippen MR) is 70.6 cm³/mol. The van der Waals surface area contributed by atoms with Crippen molar-refractivity contribution in [3.05, 3.63) is 34.4 Å². The number of rotatable bonds is 5. The van der Waals surface area contributed by atoms with E-state index < -0.39 is 0 Å². The van der Waals surface area contributed by atoms with Crippen molar-refractivity contribution in [1.29, 1.82) is 0 Å². The molecule has 0 bridgehead atoms. The maximum atomic E-state index is 10.5. The second kappa shape index (κ2) is 5.82. The molecule has 0 saturated carbocycles. The minimum absolute atomic E-state index is 0.128. The standard InChI is InChI=1S/C12H18BN2O2/c1-9(2)14(10(3)4)13-11-5-7-12(8-6-11)15(16)17/h5-10H,1-4H3. The van der Waals surface area contributed by atoms with E-state index in [0.717, 1.165) is 5.46 Å². The molecule has 17 heavy (non-hydrogen) atoms. The van der Waals surface area contributed by atoms with Gasteiger partial charge in [0.05, 0.1) is 4.92 Å². The molecule has 0 saturated heterocycles. The van der Waals surface area contributed by atoms with Gasteiger partial charge in [0, 0.05) is 12.1 Å². The molecule has 1 radical (unpaired) electrons. The van der Waals surface area contributed by atoms with Gasteiger partial charge < -0.3 is 4.81 Å². The number of non-ortho nitro benzene ring substituents is 1. The van der Waals surface area contributed by atoms with Crippen LogP contribution in [0.5, 0.6) is 0 Å². The molecule has 0 aromatic heterocycles. The van der Waals surface area contributed by atoms with Crippen LogP contribution in [0.4, 0.5) is 5.69 Å². The Bertz CT molecular complexity index is 369. The number of nitrogens with zero attached hydrogens (tertiary/aromatic N) is 2. The van der Waals surface area contributed by atoms with Crippen molar-refractivity contribution >= 4 is 18.6 Å². The molecular formula is C12H18BN2O2. The summed E-state index contributed by atoms with van der Waals surface area (Å²) in [5.74, 6) is 0. The zero-order valence-electron chi connectivity index (χ0n) is 10.8. The Morgan fingerprint density at radius 1 is 1.12 bits per heavy atom. The normalized spacial score (nSPS) is 11.2. The lowest BCUT2D eigenvalue weighted by molar-refractivity contribution is -0.384. The quantitative estimate of drug-likeness (QED) is 0.443. The Morgan fingerprint density at radius 2 is 1.59 bits per heavy atom. The molecule has 1 aromatic carbocycles. The molecule has 0 spiro atoms. The Labute approximate surface area is 103 Å². The van der Waals surface area contributed by atoms with Crippen molar-refractivity contribution in [2.24, 2.45) is 0 Å².